The van der Waals surface area contributed by atoms with Crippen LogP contribution in [0, 0.1) is 0 Å². The molecule has 0 saturated heterocycles. The predicted molar refractivity (Wildman–Crippen MR) is 54.6 cm³/mol. The molecular formula is C9H9ClO2S. The van der Waals surface area contributed by atoms with Crippen LogP contribution in [0.15, 0.2) is 23.1 Å². The molecule has 4 heteroatoms. The van der Waals surface area contributed by atoms with Gasteiger partial charge in [-0.05, 0) is 18.4 Å². The number of ether oxygens (including phenoxy) is 1. The summed E-state index contributed by atoms with van der Waals surface area (Å²) in [6.07, 6.45) is 1.87. The van der Waals surface area contributed by atoms with Crippen molar-refractivity contribution in [2.75, 3.05) is 13.4 Å². The largest absolute Gasteiger partial charge is 0.465 e. The van der Waals surface area contributed by atoms with E-state index in [0.717, 1.165) is 4.90 Å². The predicted octanol–water partition coefficient (Wildman–Crippen LogP) is 2.85. The van der Waals surface area contributed by atoms with E-state index in [0.29, 0.717) is 10.6 Å². The Morgan fingerprint density at radius 2 is 2.23 bits per heavy atom. The third-order valence-electron chi connectivity index (χ3n) is 1.58. The molecule has 1 aromatic rings. The molecule has 0 unspecified atom stereocenters. The number of hydrogen-bond acceptors (Lipinski definition) is 3. The molecule has 0 bridgehead atoms. The van der Waals surface area contributed by atoms with Gasteiger partial charge in [-0.2, -0.15) is 0 Å². The SMILES string of the molecule is COC(=O)c1cccc(Cl)c1SC. The molecular weight excluding hydrogens is 208 g/mol. The second kappa shape index (κ2) is 4.53. The molecule has 0 amide bonds. The molecule has 1 aromatic carbocycles. The Morgan fingerprint density at radius 1 is 1.54 bits per heavy atom. The lowest BCUT2D eigenvalue weighted by molar-refractivity contribution is 0.0597. The van der Waals surface area contributed by atoms with Crippen LogP contribution >= 0.6 is 23.4 Å². The number of hydrogen-bond donors (Lipinski definition) is 0. The lowest BCUT2D eigenvalue weighted by atomic mass is 10.2. The van der Waals surface area contributed by atoms with Crippen LogP contribution in [0.25, 0.3) is 0 Å². The molecule has 0 atom stereocenters. The van der Waals surface area contributed by atoms with E-state index >= 15 is 0 Å². The Kier molecular flexibility index (Phi) is 3.63. The van der Waals surface area contributed by atoms with Gasteiger partial charge in [0.2, 0.25) is 0 Å². The van der Waals surface area contributed by atoms with Crippen LogP contribution in [-0.2, 0) is 4.74 Å². The van der Waals surface area contributed by atoms with Crippen molar-refractivity contribution < 1.29 is 9.53 Å². The van der Waals surface area contributed by atoms with Gasteiger partial charge in [0.1, 0.15) is 0 Å². The van der Waals surface area contributed by atoms with Crippen molar-refractivity contribution in [3.63, 3.8) is 0 Å². The third-order valence-corrected chi connectivity index (χ3v) is 2.85. The summed E-state index contributed by atoms with van der Waals surface area (Å²) in [5, 5.41) is 0.579. The van der Waals surface area contributed by atoms with E-state index in [-0.39, 0.29) is 5.97 Å². The summed E-state index contributed by atoms with van der Waals surface area (Å²) in [5.41, 5.74) is 0.516. The summed E-state index contributed by atoms with van der Waals surface area (Å²) >= 11 is 7.33. The van der Waals surface area contributed by atoms with Crippen LogP contribution < -0.4 is 0 Å². The van der Waals surface area contributed by atoms with Gasteiger partial charge in [0.25, 0.3) is 0 Å². The van der Waals surface area contributed by atoms with E-state index in [9.17, 15) is 4.79 Å². The fourth-order valence-electron chi connectivity index (χ4n) is 0.987. The highest BCUT2D eigenvalue weighted by Gasteiger charge is 2.12. The molecule has 0 aliphatic carbocycles. The maximum Gasteiger partial charge on any atom is 0.339 e. The lowest BCUT2D eigenvalue weighted by Gasteiger charge is -2.06. The molecule has 0 fully saturated rings. The molecule has 2 nitrogen and oxygen atoms in total. The molecule has 70 valence electrons. The summed E-state index contributed by atoms with van der Waals surface area (Å²) in [6.45, 7) is 0. The van der Waals surface area contributed by atoms with Crippen molar-refractivity contribution in [2.45, 2.75) is 4.90 Å². The second-order valence-electron chi connectivity index (χ2n) is 2.31. The number of carbonyl (C=O) groups is 1. The van der Waals surface area contributed by atoms with Crippen molar-refractivity contribution >= 4 is 29.3 Å². The van der Waals surface area contributed by atoms with E-state index in [1.165, 1.54) is 18.9 Å². The van der Waals surface area contributed by atoms with Crippen LogP contribution in [0.1, 0.15) is 10.4 Å². The van der Waals surface area contributed by atoms with Crippen LogP contribution in [0.2, 0.25) is 5.02 Å². The van der Waals surface area contributed by atoms with E-state index in [2.05, 4.69) is 4.74 Å². The first kappa shape index (κ1) is 10.4. The zero-order chi connectivity index (χ0) is 9.84. The van der Waals surface area contributed by atoms with Gasteiger partial charge in [0.05, 0.1) is 17.7 Å². The monoisotopic (exact) mass is 216 g/mol. The number of thioether (sulfide) groups is 1. The molecule has 13 heavy (non-hydrogen) atoms. The zero-order valence-electron chi connectivity index (χ0n) is 7.33. The zero-order valence-corrected chi connectivity index (χ0v) is 8.91. The second-order valence-corrected chi connectivity index (χ2v) is 3.54. The molecule has 0 N–H and O–H groups in total. The average molecular weight is 217 g/mol. The van der Waals surface area contributed by atoms with Crippen molar-refractivity contribution in [1.29, 1.82) is 0 Å². The molecule has 0 saturated carbocycles. The highest BCUT2D eigenvalue weighted by molar-refractivity contribution is 7.98. The summed E-state index contributed by atoms with van der Waals surface area (Å²) in [6, 6.07) is 5.18. The topological polar surface area (TPSA) is 26.3 Å². The van der Waals surface area contributed by atoms with Gasteiger partial charge >= 0.3 is 5.97 Å². The molecule has 0 aliphatic heterocycles. The molecule has 0 radical (unpaired) electrons. The first-order chi connectivity index (χ1) is 6.20. The highest BCUT2D eigenvalue weighted by atomic mass is 35.5. The number of halogens is 1. The maximum atomic E-state index is 11.3. The van der Waals surface area contributed by atoms with Crippen LogP contribution in [0.5, 0.6) is 0 Å². The van der Waals surface area contributed by atoms with Crippen LogP contribution in [0.4, 0.5) is 0 Å². The van der Waals surface area contributed by atoms with E-state index in [1.54, 1.807) is 18.2 Å². The standard InChI is InChI=1S/C9H9ClO2S/c1-12-9(11)6-4-3-5-7(10)8(6)13-2/h3-5H,1-2H3. The van der Waals surface area contributed by atoms with Gasteiger partial charge < -0.3 is 4.74 Å². The minimum absolute atomic E-state index is 0.355. The third kappa shape index (κ3) is 2.17. The number of esters is 1. The summed E-state index contributed by atoms with van der Waals surface area (Å²) in [7, 11) is 1.35. The number of benzene rings is 1. The normalized spacial score (nSPS) is 9.77. The Bertz CT molecular complexity index is 325. The van der Waals surface area contributed by atoms with Gasteiger partial charge in [0, 0.05) is 4.90 Å². The number of rotatable bonds is 2. The van der Waals surface area contributed by atoms with Gasteiger partial charge in [0.15, 0.2) is 0 Å². The Hall–Kier alpha value is -0.670. The van der Waals surface area contributed by atoms with Gasteiger partial charge in [-0.1, -0.05) is 17.7 Å². The average Bonchev–Trinajstić information content (AvgIpc) is 2.16. The van der Waals surface area contributed by atoms with Crippen molar-refractivity contribution in [3.8, 4) is 0 Å². The van der Waals surface area contributed by atoms with Crippen molar-refractivity contribution in [3.05, 3.63) is 28.8 Å². The smallest absolute Gasteiger partial charge is 0.339 e. The van der Waals surface area contributed by atoms with E-state index in [4.69, 9.17) is 11.6 Å². The van der Waals surface area contributed by atoms with Crippen LogP contribution in [-0.4, -0.2) is 19.3 Å². The molecule has 0 aromatic heterocycles. The van der Waals surface area contributed by atoms with Crippen molar-refractivity contribution in [2.24, 2.45) is 0 Å². The number of methoxy groups -OCH3 is 1. The quantitative estimate of drug-likeness (QED) is 0.562. The fourth-order valence-corrected chi connectivity index (χ4v) is 2.03. The molecule has 1 rings (SSSR count). The van der Waals surface area contributed by atoms with Gasteiger partial charge in [-0.3, -0.25) is 0 Å². The highest BCUT2D eigenvalue weighted by Crippen LogP contribution is 2.29. The Balaban J connectivity index is 3.20. The maximum absolute atomic E-state index is 11.3. The molecule has 0 aliphatic rings. The van der Waals surface area contributed by atoms with Gasteiger partial charge in [-0.25, -0.2) is 4.79 Å². The van der Waals surface area contributed by atoms with E-state index in [1.807, 2.05) is 6.26 Å². The van der Waals surface area contributed by atoms with Gasteiger partial charge in [-0.15, -0.1) is 11.8 Å². The minimum atomic E-state index is -0.355. The molecule has 0 heterocycles. The Morgan fingerprint density at radius 3 is 2.77 bits per heavy atom. The molecule has 0 spiro atoms. The fraction of sp³-hybridized carbons (Fsp3) is 0.222. The Labute approximate surface area is 86.2 Å². The summed E-state index contributed by atoms with van der Waals surface area (Å²) in [5.74, 6) is -0.355. The first-order valence-electron chi connectivity index (χ1n) is 3.61. The van der Waals surface area contributed by atoms with Crippen molar-refractivity contribution in [1.82, 2.24) is 0 Å². The summed E-state index contributed by atoms with van der Waals surface area (Å²) < 4.78 is 4.62. The minimum Gasteiger partial charge on any atom is -0.465 e. The number of carbonyl (C=O) groups excluding carboxylic acids is 1. The summed E-state index contributed by atoms with van der Waals surface area (Å²) in [4.78, 5) is 12.0. The first-order valence-corrected chi connectivity index (χ1v) is 5.21. The van der Waals surface area contributed by atoms with E-state index < -0.39 is 0 Å². The van der Waals surface area contributed by atoms with Crippen LogP contribution in [0.3, 0.4) is 0 Å². The lowest BCUT2D eigenvalue weighted by Crippen LogP contribution is -2.02.